The van der Waals surface area contributed by atoms with Gasteiger partial charge in [0.2, 0.25) is 5.91 Å². The van der Waals surface area contributed by atoms with Gasteiger partial charge in [-0.15, -0.1) is 0 Å². The number of nitrogens with one attached hydrogen (secondary N) is 1. The second kappa shape index (κ2) is 13.0. The first-order valence-electron chi connectivity index (χ1n) is 10.6. The summed E-state index contributed by atoms with van der Waals surface area (Å²) in [6.45, 7) is 2.13. The molecule has 2 aromatic heterocycles. The van der Waals surface area contributed by atoms with E-state index in [0.717, 1.165) is 35.9 Å². The van der Waals surface area contributed by atoms with Gasteiger partial charge in [-0.05, 0) is 43.0 Å². The van der Waals surface area contributed by atoms with Gasteiger partial charge in [0.25, 0.3) is 0 Å². The zero-order chi connectivity index (χ0) is 24.2. The van der Waals surface area contributed by atoms with E-state index < -0.39 is 12.2 Å². The number of carbonyl (C=O) groups is 1. The van der Waals surface area contributed by atoms with E-state index in [1.165, 1.54) is 13.3 Å². The van der Waals surface area contributed by atoms with Gasteiger partial charge in [-0.2, -0.15) is 5.26 Å². The highest BCUT2D eigenvalue weighted by Gasteiger charge is 2.21. The highest BCUT2D eigenvalue weighted by Crippen LogP contribution is 2.17. The first-order valence-corrected chi connectivity index (χ1v) is 10.6. The molecule has 0 bridgehead atoms. The van der Waals surface area contributed by atoms with Crippen LogP contribution in [-0.4, -0.2) is 61.8 Å². The number of hydrogen-bond acceptors (Lipinski definition) is 7. The number of rotatable bonds is 3. The van der Waals surface area contributed by atoms with Crippen LogP contribution in [0.1, 0.15) is 37.3 Å². The molecular formula is C24H30N6O3. The van der Waals surface area contributed by atoms with Crippen molar-refractivity contribution in [3.63, 3.8) is 0 Å². The number of aliphatic hydroxyl groups is 2. The first-order chi connectivity index (χ1) is 15.8. The minimum absolute atomic E-state index is 0.0458. The number of amides is 1. The number of aromatic nitrogens is 3. The minimum atomic E-state index is -0.431. The van der Waals surface area contributed by atoms with E-state index in [9.17, 15) is 4.79 Å². The van der Waals surface area contributed by atoms with Crippen molar-refractivity contribution in [3.05, 3.63) is 60.1 Å². The number of nitriles is 1. The molecule has 0 saturated heterocycles. The number of carbonyl (C=O) groups excluding carboxylic acids is 1. The van der Waals surface area contributed by atoms with Gasteiger partial charge in [0.15, 0.2) is 0 Å². The average Bonchev–Trinajstić information content (AvgIpc) is 3.44. The Balaban J connectivity index is 0.000000191. The molecule has 9 heteroatoms. The quantitative estimate of drug-likeness (QED) is 0.478. The van der Waals surface area contributed by atoms with Crippen LogP contribution in [0.5, 0.6) is 0 Å². The fourth-order valence-corrected chi connectivity index (χ4v) is 2.96. The number of anilines is 1. The van der Waals surface area contributed by atoms with Crippen LogP contribution in [0.25, 0.3) is 17.1 Å². The van der Waals surface area contributed by atoms with Crippen molar-refractivity contribution < 1.29 is 15.0 Å². The standard InChI is InChI=1S/C13H14N2O.C6H6N4.C5H10O2/c1-11(16)15(2)9-3-4-12-5-7-13(10-14)8-6-12;7-5-4-1-2-8-6(4)10-3-9-5;6-4-2-1-3-5(4)7/h3-8H,9H2,1-2H3;1-3H,(H3,7,8,9,10);4-7H,1-3H2/b4-3+;;. The number of nitrogens with zero attached hydrogens (tertiary/aromatic N) is 4. The van der Waals surface area contributed by atoms with Gasteiger partial charge in [-0.1, -0.05) is 24.3 Å². The van der Waals surface area contributed by atoms with E-state index in [-0.39, 0.29) is 5.91 Å². The molecule has 3 aromatic rings. The molecule has 1 aliphatic rings. The van der Waals surface area contributed by atoms with Crippen LogP contribution in [0.3, 0.4) is 0 Å². The number of hydrogen-bond donors (Lipinski definition) is 4. The number of aromatic amines is 1. The molecule has 2 atom stereocenters. The summed E-state index contributed by atoms with van der Waals surface area (Å²) in [5.41, 5.74) is 7.99. The van der Waals surface area contributed by atoms with Crippen molar-refractivity contribution in [3.8, 4) is 6.07 Å². The van der Waals surface area contributed by atoms with E-state index in [2.05, 4.69) is 21.0 Å². The van der Waals surface area contributed by atoms with Crippen LogP contribution in [-0.2, 0) is 4.79 Å². The molecule has 2 unspecified atom stereocenters. The number of nitrogen functional groups attached to an aromatic ring is 1. The van der Waals surface area contributed by atoms with Gasteiger partial charge >= 0.3 is 0 Å². The summed E-state index contributed by atoms with van der Waals surface area (Å²) in [5, 5.41) is 27.0. The molecule has 1 amide bonds. The summed E-state index contributed by atoms with van der Waals surface area (Å²) in [7, 11) is 1.76. The molecule has 1 fully saturated rings. The van der Waals surface area contributed by atoms with E-state index in [1.807, 2.05) is 30.4 Å². The van der Waals surface area contributed by atoms with Gasteiger partial charge in [-0.25, -0.2) is 9.97 Å². The average molecular weight is 451 g/mol. The highest BCUT2D eigenvalue weighted by molar-refractivity contribution is 5.85. The molecule has 33 heavy (non-hydrogen) atoms. The number of fused-ring (bicyclic) bond motifs is 1. The van der Waals surface area contributed by atoms with Gasteiger partial charge in [0, 0.05) is 26.7 Å². The normalized spacial score (nSPS) is 16.9. The van der Waals surface area contributed by atoms with Crippen molar-refractivity contribution in [2.75, 3.05) is 19.3 Å². The Bertz CT molecular complexity index is 1080. The van der Waals surface area contributed by atoms with Crippen LogP contribution < -0.4 is 5.73 Å². The third-order valence-electron chi connectivity index (χ3n) is 5.10. The van der Waals surface area contributed by atoms with E-state index in [0.29, 0.717) is 17.9 Å². The van der Waals surface area contributed by atoms with Gasteiger partial charge in [0.05, 0.1) is 29.2 Å². The molecule has 0 aliphatic heterocycles. The molecule has 9 nitrogen and oxygen atoms in total. The summed E-state index contributed by atoms with van der Waals surface area (Å²) in [6, 6.07) is 11.2. The topological polar surface area (TPSA) is 152 Å². The van der Waals surface area contributed by atoms with Gasteiger partial charge in [-0.3, -0.25) is 4.79 Å². The lowest BCUT2D eigenvalue weighted by Crippen LogP contribution is -2.23. The summed E-state index contributed by atoms with van der Waals surface area (Å²) in [4.78, 5) is 23.3. The van der Waals surface area contributed by atoms with E-state index >= 15 is 0 Å². The molecule has 2 heterocycles. The lowest BCUT2D eigenvalue weighted by Gasteiger charge is -2.10. The Labute approximate surface area is 193 Å². The van der Waals surface area contributed by atoms with Crippen molar-refractivity contribution in [1.82, 2.24) is 19.9 Å². The molecule has 0 spiro atoms. The molecular weight excluding hydrogens is 420 g/mol. The van der Waals surface area contributed by atoms with Crippen LogP contribution in [0, 0.1) is 11.3 Å². The van der Waals surface area contributed by atoms with Crippen molar-refractivity contribution >= 4 is 28.8 Å². The van der Waals surface area contributed by atoms with Gasteiger partial charge < -0.3 is 25.8 Å². The summed E-state index contributed by atoms with van der Waals surface area (Å²) >= 11 is 0. The Hall–Kier alpha value is -3.74. The van der Waals surface area contributed by atoms with Gasteiger partial charge in [0.1, 0.15) is 17.8 Å². The van der Waals surface area contributed by atoms with Crippen molar-refractivity contribution in [2.24, 2.45) is 0 Å². The fraction of sp³-hybridized carbons (Fsp3) is 0.333. The minimum Gasteiger partial charge on any atom is -0.390 e. The van der Waals surface area contributed by atoms with Crippen LogP contribution >= 0.6 is 0 Å². The third-order valence-corrected chi connectivity index (χ3v) is 5.10. The lowest BCUT2D eigenvalue weighted by atomic mass is 10.1. The maximum Gasteiger partial charge on any atom is 0.219 e. The molecule has 1 saturated carbocycles. The number of nitrogens with two attached hydrogens (primary N) is 1. The van der Waals surface area contributed by atoms with Crippen LogP contribution in [0.15, 0.2) is 48.9 Å². The summed E-state index contributed by atoms with van der Waals surface area (Å²) < 4.78 is 0. The Morgan fingerprint density at radius 1 is 1.24 bits per heavy atom. The van der Waals surface area contributed by atoms with Crippen LogP contribution in [0.2, 0.25) is 0 Å². The van der Waals surface area contributed by atoms with Crippen molar-refractivity contribution in [1.29, 1.82) is 5.26 Å². The lowest BCUT2D eigenvalue weighted by molar-refractivity contribution is -0.127. The SMILES string of the molecule is CC(=O)N(C)C/C=C/c1ccc(C#N)cc1.Nc1ncnc2[nH]ccc12.OC1CCCC1O. The second-order valence-electron chi connectivity index (χ2n) is 7.60. The molecule has 5 N–H and O–H groups in total. The number of likely N-dealkylation sites (N-methyl/N-ethyl adjacent to an activating group) is 1. The maximum absolute atomic E-state index is 10.9. The summed E-state index contributed by atoms with van der Waals surface area (Å²) in [6.07, 6.45) is 8.75. The number of benzene rings is 1. The smallest absolute Gasteiger partial charge is 0.219 e. The van der Waals surface area contributed by atoms with E-state index in [4.69, 9.17) is 21.2 Å². The van der Waals surface area contributed by atoms with Crippen LogP contribution in [0.4, 0.5) is 5.82 Å². The Morgan fingerprint density at radius 2 is 1.91 bits per heavy atom. The molecule has 0 radical (unpaired) electrons. The summed E-state index contributed by atoms with van der Waals surface area (Å²) in [5.74, 6) is 0.565. The molecule has 1 aromatic carbocycles. The zero-order valence-electron chi connectivity index (χ0n) is 18.8. The van der Waals surface area contributed by atoms with E-state index in [1.54, 1.807) is 30.3 Å². The Kier molecular flexibility index (Phi) is 10.0. The molecule has 174 valence electrons. The van der Waals surface area contributed by atoms with Crippen molar-refractivity contribution in [2.45, 2.75) is 38.4 Å². The second-order valence-corrected chi connectivity index (χ2v) is 7.60. The predicted octanol–water partition coefficient (Wildman–Crippen LogP) is 2.48. The largest absolute Gasteiger partial charge is 0.390 e. The number of aliphatic hydroxyl groups excluding tert-OH is 2. The first kappa shape index (κ1) is 25.5. The third kappa shape index (κ3) is 8.37. The monoisotopic (exact) mass is 450 g/mol. The predicted molar refractivity (Wildman–Crippen MR) is 128 cm³/mol. The maximum atomic E-state index is 10.9. The molecule has 1 aliphatic carbocycles. The molecule has 4 rings (SSSR count). The highest BCUT2D eigenvalue weighted by atomic mass is 16.3. The number of H-pyrrole nitrogens is 1. The fourth-order valence-electron chi connectivity index (χ4n) is 2.96. The Morgan fingerprint density at radius 3 is 2.42 bits per heavy atom. The zero-order valence-corrected chi connectivity index (χ0v) is 18.8.